The van der Waals surface area contributed by atoms with E-state index >= 15 is 0 Å². The molecule has 10 heteroatoms. The number of carbonyl (C=O) groups is 3. The Bertz CT molecular complexity index is 737. The average Bonchev–Trinajstić information content (AvgIpc) is 2.82. The molecule has 1 heterocycles. The molecule has 1 aliphatic rings. The average molecular weight is 482 g/mol. The van der Waals surface area contributed by atoms with Crippen molar-refractivity contribution in [2.24, 2.45) is 0 Å². The lowest BCUT2D eigenvalue weighted by molar-refractivity contribution is -0.171. The number of benzene rings is 1. The molecule has 192 valence electrons. The Morgan fingerprint density at radius 1 is 1.26 bits per heavy atom. The van der Waals surface area contributed by atoms with E-state index in [-0.39, 0.29) is 30.5 Å². The largest absolute Gasteiger partial charge is 0.383 e. The zero-order valence-corrected chi connectivity index (χ0v) is 21.1. The van der Waals surface area contributed by atoms with Crippen LogP contribution in [0.2, 0.25) is 0 Å². The molecule has 1 fully saturated rings. The molecule has 1 saturated heterocycles. The quantitative estimate of drug-likeness (QED) is 0.336. The maximum Gasteiger partial charge on any atom is 0.240 e. The lowest BCUT2D eigenvalue weighted by Crippen LogP contribution is -2.67. The number of nitrogens with one attached hydrogen (secondary N) is 1. The molecule has 0 aliphatic carbocycles. The number of aldehydes is 1. The summed E-state index contributed by atoms with van der Waals surface area (Å²) in [6.45, 7) is 4.33. The van der Waals surface area contributed by atoms with Crippen LogP contribution in [0.1, 0.15) is 31.7 Å². The summed E-state index contributed by atoms with van der Waals surface area (Å²) in [4.78, 5) is 38.8. The van der Waals surface area contributed by atoms with Gasteiger partial charge in [-0.2, -0.15) is 0 Å². The van der Waals surface area contributed by atoms with Crippen LogP contribution in [-0.2, 0) is 25.7 Å². The predicted molar refractivity (Wildman–Crippen MR) is 129 cm³/mol. The monoisotopic (exact) mass is 481 g/mol. The molecule has 0 bridgehead atoms. The van der Waals surface area contributed by atoms with Crippen molar-refractivity contribution in [3.05, 3.63) is 35.6 Å². The molecule has 1 unspecified atom stereocenters. The number of piperazine rings is 1. The zero-order valence-electron chi connectivity index (χ0n) is 21.1. The molecule has 1 aromatic rings. The summed E-state index contributed by atoms with van der Waals surface area (Å²) in [5, 5.41) is 6.04. The Morgan fingerprint density at radius 3 is 2.47 bits per heavy atom. The summed E-state index contributed by atoms with van der Waals surface area (Å²) in [6, 6.07) is 6.20. The fourth-order valence-electron chi connectivity index (χ4n) is 3.79. The first kappa shape index (κ1) is 29.6. The Morgan fingerprint density at radius 2 is 1.94 bits per heavy atom. The van der Waals surface area contributed by atoms with Gasteiger partial charge in [0.15, 0.2) is 0 Å². The number of ether oxygens (including phenoxy) is 1. The number of unbranched alkanes of at least 4 members (excludes halogenated alkanes) is 1. The van der Waals surface area contributed by atoms with Crippen molar-refractivity contribution in [3.8, 4) is 0 Å². The minimum Gasteiger partial charge on any atom is -0.383 e. The number of hydrogen-bond donors (Lipinski definition) is 1. The summed E-state index contributed by atoms with van der Waals surface area (Å²) >= 11 is 0. The van der Waals surface area contributed by atoms with Crippen LogP contribution in [0.5, 0.6) is 0 Å². The summed E-state index contributed by atoms with van der Waals surface area (Å²) in [7, 11) is 7.01. The van der Waals surface area contributed by atoms with Crippen LogP contribution in [0.25, 0.3) is 0 Å². The Hall–Kier alpha value is -2.40. The van der Waals surface area contributed by atoms with Crippen molar-refractivity contribution in [2.75, 3.05) is 54.5 Å². The van der Waals surface area contributed by atoms with Crippen LogP contribution in [0.3, 0.4) is 0 Å². The van der Waals surface area contributed by atoms with Crippen LogP contribution >= 0.6 is 0 Å². The second-order valence-corrected chi connectivity index (χ2v) is 8.23. The fourth-order valence-corrected chi connectivity index (χ4v) is 3.79. The number of rotatable bonds is 13. The Labute approximate surface area is 202 Å². The molecule has 0 aromatic heterocycles. The van der Waals surface area contributed by atoms with Crippen molar-refractivity contribution in [2.45, 2.75) is 44.9 Å². The first-order valence-corrected chi connectivity index (χ1v) is 11.6. The first-order chi connectivity index (χ1) is 16.3. The van der Waals surface area contributed by atoms with Crippen LogP contribution in [-0.4, -0.2) is 105 Å². The smallest absolute Gasteiger partial charge is 0.240 e. The number of nitrogens with zero attached hydrogens (tertiary/aromatic N) is 4. The van der Waals surface area contributed by atoms with Gasteiger partial charge in [-0.05, 0) is 38.2 Å². The van der Waals surface area contributed by atoms with E-state index in [4.69, 9.17) is 4.74 Å². The third-order valence-electron chi connectivity index (χ3n) is 5.78. The lowest BCUT2D eigenvalue weighted by atomic mass is 10.0. The third kappa shape index (κ3) is 9.09. The minimum atomic E-state index is -0.302. The number of halogens is 1. The van der Waals surface area contributed by atoms with Gasteiger partial charge < -0.3 is 19.7 Å². The highest BCUT2D eigenvalue weighted by Crippen LogP contribution is 2.22. The summed E-state index contributed by atoms with van der Waals surface area (Å²) < 4.78 is 17.4. The van der Waals surface area contributed by atoms with E-state index in [9.17, 15) is 18.8 Å². The van der Waals surface area contributed by atoms with Gasteiger partial charge >= 0.3 is 0 Å². The molecule has 34 heavy (non-hydrogen) atoms. The van der Waals surface area contributed by atoms with Crippen molar-refractivity contribution < 1.29 is 23.5 Å². The van der Waals surface area contributed by atoms with Crippen LogP contribution in [0.4, 0.5) is 4.39 Å². The van der Waals surface area contributed by atoms with Crippen LogP contribution in [0.15, 0.2) is 24.3 Å². The van der Waals surface area contributed by atoms with E-state index in [1.165, 1.54) is 17.1 Å². The summed E-state index contributed by atoms with van der Waals surface area (Å²) in [5.41, 5.74) is 1.10. The normalized spacial score (nSPS) is 18.4. The number of methoxy groups -OCH3 is 1. The van der Waals surface area contributed by atoms with Crippen LogP contribution < -0.4 is 5.32 Å². The molecule has 2 rings (SSSR count). The summed E-state index contributed by atoms with van der Waals surface area (Å²) in [5.74, 6) is -0.108. The Kier molecular flexibility index (Phi) is 14.2. The van der Waals surface area contributed by atoms with Crippen molar-refractivity contribution in [1.82, 2.24) is 25.1 Å². The molecule has 1 aromatic carbocycles. The van der Waals surface area contributed by atoms with Gasteiger partial charge in [-0.25, -0.2) is 9.40 Å². The van der Waals surface area contributed by atoms with Gasteiger partial charge in [0.2, 0.25) is 12.3 Å². The highest BCUT2D eigenvalue weighted by atomic mass is 19.1. The maximum absolute atomic E-state index is 12.8. The molecule has 0 saturated carbocycles. The van der Waals surface area contributed by atoms with E-state index < -0.39 is 0 Å². The zero-order chi connectivity index (χ0) is 25.5. The molecular weight excluding hydrogens is 441 g/mol. The Balaban J connectivity index is 0.000000479. The predicted octanol–water partition coefficient (Wildman–Crippen LogP) is 1.34. The van der Waals surface area contributed by atoms with E-state index in [1.54, 1.807) is 36.2 Å². The highest BCUT2D eigenvalue weighted by molar-refractivity contribution is 5.83. The highest BCUT2D eigenvalue weighted by Gasteiger charge is 2.41. The lowest BCUT2D eigenvalue weighted by Gasteiger charge is -2.49. The number of carbonyl (C=O) groups excluding carboxylic acids is 3. The minimum absolute atomic E-state index is 0.0724. The first-order valence-electron chi connectivity index (χ1n) is 11.6. The van der Waals surface area contributed by atoms with Crippen molar-refractivity contribution in [1.29, 1.82) is 0 Å². The van der Waals surface area contributed by atoms with Gasteiger partial charge in [-0.3, -0.25) is 19.5 Å². The summed E-state index contributed by atoms with van der Waals surface area (Å²) in [6.07, 6.45) is 3.85. The van der Waals surface area contributed by atoms with Gasteiger partial charge in [-0.1, -0.05) is 31.9 Å². The maximum atomic E-state index is 12.8. The second-order valence-electron chi connectivity index (χ2n) is 8.23. The standard InChI is InChI=1S/C16H30N4O4.C8H10FN/c1-5-6-7-14-16(23)19(9-11-24-4)12-15(18(14)3)20(13-22)17(2)8-10-21;1-10-6-7-2-4-8(9)5-3-7/h10,13-15H,5-9,11-12H2,1-4H3;2-5,10H,6H2,1H3/t14-,15?;/m0./s1. The number of hydrogen-bond acceptors (Lipinski definition) is 7. The van der Waals surface area contributed by atoms with E-state index in [0.29, 0.717) is 26.1 Å². The van der Waals surface area contributed by atoms with Gasteiger partial charge in [0.05, 0.1) is 25.7 Å². The van der Waals surface area contributed by atoms with Crippen molar-refractivity contribution in [3.63, 3.8) is 0 Å². The number of amides is 2. The van der Waals surface area contributed by atoms with E-state index in [1.807, 2.05) is 19.0 Å². The number of likely N-dealkylation sites (N-methyl/N-ethyl adjacent to an activating group) is 2. The molecular formula is C24H40FN5O4. The second kappa shape index (κ2) is 16.3. The SMILES string of the molecule is CCCC[C@H]1C(=O)N(CCOC)CC(N(C=O)N(C)CC=O)N1C.CNCc1ccc(F)cc1. The third-order valence-corrected chi connectivity index (χ3v) is 5.78. The van der Waals surface area contributed by atoms with E-state index in [2.05, 4.69) is 12.2 Å². The van der Waals surface area contributed by atoms with E-state index in [0.717, 1.165) is 37.7 Å². The number of hydrazine groups is 1. The molecule has 0 spiro atoms. The molecule has 1 N–H and O–H groups in total. The van der Waals surface area contributed by atoms with Crippen LogP contribution in [0, 0.1) is 5.82 Å². The van der Waals surface area contributed by atoms with Gasteiger partial charge in [0, 0.05) is 27.2 Å². The van der Waals surface area contributed by atoms with Gasteiger partial charge in [0.25, 0.3) is 0 Å². The van der Waals surface area contributed by atoms with Crippen molar-refractivity contribution >= 4 is 18.6 Å². The fraction of sp³-hybridized carbons (Fsp3) is 0.625. The molecule has 2 atom stereocenters. The molecule has 1 aliphatic heterocycles. The molecule has 2 amide bonds. The van der Waals surface area contributed by atoms with Gasteiger partial charge in [0.1, 0.15) is 18.3 Å². The topological polar surface area (TPSA) is 85.4 Å². The molecule has 0 radical (unpaired) electrons. The molecule has 9 nitrogen and oxygen atoms in total. The van der Waals surface area contributed by atoms with Gasteiger partial charge in [-0.15, -0.1) is 0 Å².